The van der Waals surface area contributed by atoms with E-state index >= 15 is 0 Å². The SMILES string of the molecule is CNCc1ccc(CS(=O)(=O)N(C)C(C)C(C)(C)C)cc1. The minimum absolute atomic E-state index is 0.0454. The molecule has 1 rings (SSSR count). The summed E-state index contributed by atoms with van der Waals surface area (Å²) in [7, 11) is 0.254. The van der Waals surface area contributed by atoms with Gasteiger partial charge < -0.3 is 5.32 Å². The van der Waals surface area contributed by atoms with Crippen LogP contribution in [-0.4, -0.2) is 32.9 Å². The van der Waals surface area contributed by atoms with Crippen molar-refractivity contribution in [2.24, 2.45) is 5.41 Å². The van der Waals surface area contributed by atoms with Crippen molar-refractivity contribution in [1.29, 1.82) is 0 Å². The predicted molar refractivity (Wildman–Crippen MR) is 88.5 cm³/mol. The zero-order valence-corrected chi connectivity index (χ0v) is 14.8. The number of rotatable bonds is 6. The molecule has 0 aromatic heterocycles. The Kier molecular flexibility index (Phi) is 5.96. The van der Waals surface area contributed by atoms with Crippen molar-refractivity contribution in [2.75, 3.05) is 14.1 Å². The van der Waals surface area contributed by atoms with Crippen molar-refractivity contribution >= 4 is 10.0 Å². The minimum Gasteiger partial charge on any atom is -0.316 e. The van der Waals surface area contributed by atoms with Crippen LogP contribution in [0.1, 0.15) is 38.8 Å². The molecule has 0 bridgehead atoms. The fourth-order valence-electron chi connectivity index (χ4n) is 2.06. The average Bonchev–Trinajstić information content (AvgIpc) is 2.38. The maximum absolute atomic E-state index is 12.5. The fraction of sp³-hybridized carbons (Fsp3) is 0.625. The quantitative estimate of drug-likeness (QED) is 0.878. The molecule has 0 aliphatic rings. The zero-order chi connectivity index (χ0) is 16.3. The van der Waals surface area contributed by atoms with Gasteiger partial charge in [-0.2, -0.15) is 0 Å². The molecule has 5 heteroatoms. The second-order valence-electron chi connectivity index (χ2n) is 6.66. The normalized spacial score (nSPS) is 14.4. The highest BCUT2D eigenvalue weighted by Gasteiger charge is 2.31. The highest BCUT2D eigenvalue weighted by molar-refractivity contribution is 7.88. The van der Waals surface area contributed by atoms with Crippen molar-refractivity contribution in [3.63, 3.8) is 0 Å². The lowest BCUT2D eigenvalue weighted by Crippen LogP contribution is -2.43. The first-order chi connectivity index (χ1) is 9.58. The van der Waals surface area contributed by atoms with E-state index in [1.54, 1.807) is 7.05 Å². The van der Waals surface area contributed by atoms with E-state index in [9.17, 15) is 8.42 Å². The fourth-order valence-corrected chi connectivity index (χ4v) is 3.67. The van der Waals surface area contributed by atoms with E-state index in [0.29, 0.717) is 0 Å². The summed E-state index contributed by atoms with van der Waals surface area (Å²) in [6.07, 6.45) is 0. The Morgan fingerprint density at radius 1 is 1.14 bits per heavy atom. The van der Waals surface area contributed by atoms with Gasteiger partial charge in [-0.25, -0.2) is 12.7 Å². The molecule has 1 atom stereocenters. The lowest BCUT2D eigenvalue weighted by atomic mass is 9.88. The highest BCUT2D eigenvalue weighted by atomic mass is 32.2. The van der Waals surface area contributed by atoms with Gasteiger partial charge in [-0.1, -0.05) is 45.0 Å². The number of benzene rings is 1. The first kappa shape index (κ1) is 18.1. The van der Waals surface area contributed by atoms with Gasteiger partial charge in [0.15, 0.2) is 0 Å². The number of hydrogen-bond donors (Lipinski definition) is 1. The van der Waals surface area contributed by atoms with Crippen LogP contribution >= 0.6 is 0 Å². The minimum atomic E-state index is -3.30. The Balaban J connectivity index is 2.85. The summed E-state index contributed by atoms with van der Waals surface area (Å²) in [5, 5.41) is 3.07. The molecule has 1 aromatic rings. The molecule has 1 aromatic carbocycles. The zero-order valence-electron chi connectivity index (χ0n) is 14.0. The molecule has 1 unspecified atom stereocenters. The Morgan fingerprint density at radius 2 is 1.62 bits per heavy atom. The third kappa shape index (κ3) is 5.09. The van der Waals surface area contributed by atoms with Crippen LogP contribution < -0.4 is 5.32 Å². The maximum atomic E-state index is 12.5. The van der Waals surface area contributed by atoms with Gasteiger partial charge in [0.1, 0.15) is 0 Å². The van der Waals surface area contributed by atoms with Crippen molar-refractivity contribution in [2.45, 2.75) is 46.0 Å². The van der Waals surface area contributed by atoms with Gasteiger partial charge in [0, 0.05) is 19.6 Å². The van der Waals surface area contributed by atoms with Crippen LogP contribution in [0, 0.1) is 5.41 Å². The summed E-state index contributed by atoms with van der Waals surface area (Å²) < 4.78 is 26.5. The van der Waals surface area contributed by atoms with E-state index in [4.69, 9.17) is 0 Å². The average molecular weight is 312 g/mol. The van der Waals surface area contributed by atoms with Gasteiger partial charge in [-0.05, 0) is 30.5 Å². The summed E-state index contributed by atoms with van der Waals surface area (Å²) in [6.45, 7) is 8.89. The van der Waals surface area contributed by atoms with E-state index in [2.05, 4.69) is 26.1 Å². The molecule has 21 heavy (non-hydrogen) atoms. The van der Waals surface area contributed by atoms with E-state index in [-0.39, 0.29) is 17.2 Å². The molecule has 0 saturated heterocycles. The molecule has 0 fully saturated rings. The summed E-state index contributed by atoms with van der Waals surface area (Å²) in [5.41, 5.74) is 1.89. The summed E-state index contributed by atoms with van der Waals surface area (Å²) in [4.78, 5) is 0. The second kappa shape index (κ2) is 6.90. The Labute approximate surface area is 129 Å². The molecule has 0 spiro atoms. The van der Waals surface area contributed by atoms with E-state index in [1.165, 1.54) is 4.31 Å². The third-order valence-electron chi connectivity index (χ3n) is 3.99. The molecule has 0 aliphatic heterocycles. The topological polar surface area (TPSA) is 49.4 Å². The van der Waals surface area contributed by atoms with Gasteiger partial charge in [0.05, 0.1) is 5.75 Å². The highest BCUT2D eigenvalue weighted by Crippen LogP contribution is 2.26. The molecule has 0 saturated carbocycles. The van der Waals surface area contributed by atoms with Gasteiger partial charge in [0.2, 0.25) is 10.0 Å². The van der Waals surface area contributed by atoms with Gasteiger partial charge >= 0.3 is 0 Å². The van der Waals surface area contributed by atoms with Gasteiger partial charge in [-0.15, -0.1) is 0 Å². The number of nitrogens with one attached hydrogen (secondary N) is 1. The molecular formula is C16H28N2O2S. The van der Waals surface area contributed by atoms with E-state index in [1.807, 2.05) is 38.2 Å². The molecule has 1 N–H and O–H groups in total. The van der Waals surface area contributed by atoms with Crippen LogP contribution in [0.2, 0.25) is 0 Å². The first-order valence-electron chi connectivity index (χ1n) is 7.26. The second-order valence-corrected chi connectivity index (χ2v) is 8.69. The lowest BCUT2D eigenvalue weighted by molar-refractivity contribution is 0.216. The van der Waals surface area contributed by atoms with Crippen LogP contribution in [0.15, 0.2) is 24.3 Å². The van der Waals surface area contributed by atoms with Crippen LogP contribution in [0.25, 0.3) is 0 Å². The van der Waals surface area contributed by atoms with Crippen LogP contribution in [0.4, 0.5) is 0 Å². The Morgan fingerprint density at radius 3 is 2.05 bits per heavy atom. The summed E-state index contributed by atoms with van der Waals surface area (Å²) >= 11 is 0. The van der Waals surface area contributed by atoms with Crippen molar-refractivity contribution < 1.29 is 8.42 Å². The van der Waals surface area contributed by atoms with Gasteiger partial charge in [0.25, 0.3) is 0 Å². The molecule has 4 nitrogen and oxygen atoms in total. The van der Waals surface area contributed by atoms with Crippen LogP contribution in [0.5, 0.6) is 0 Å². The third-order valence-corrected chi connectivity index (χ3v) is 5.88. The van der Waals surface area contributed by atoms with Crippen molar-refractivity contribution in [3.8, 4) is 0 Å². The first-order valence-corrected chi connectivity index (χ1v) is 8.87. The van der Waals surface area contributed by atoms with Crippen molar-refractivity contribution in [3.05, 3.63) is 35.4 Å². The van der Waals surface area contributed by atoms with Gasteiger partial charge in [-0.3, -0.25) is 0 Å². The molecule has 0 heterocycles. The van der Waals surface area contributed by atoms with E-state index in [0.717, 1.165) is 17.7 Å². The smallest absolute Gasteiger partial charge is 0.218 e. The number of hydrogen-bond acceptors (Lipinski definition) is 3. The lowest BCUT2D eigenvalue weighted by Gasteiger charge is -2.34. The van der Waals surface area contributed by atoms with E-state index < -0.39 is 10.0 Å². The number of nitrogens with zero attached hydrogens (tertiary/aromatic N) is 1. The van der Waals surface area contributed by atoms with Crippen molar-refractivity contribution in [1.82, 2.24) is 9.62 Å². The molecule has 0 radical (unpaired) electrons. The molecule has 120 valence electrons. The molecule has 0 aliphatic carbocycles. The van der Waals surface area contributed by atoms with Crippen LogP contribution in [0.3, 0.4) is 0 Å². The Bertz CT molecular complexity index is 545. The molecule has 0 amide bonds. The standard InChI is InChI=1S/C16H28N2O2S/c1-13(16(2,3)4)18(6)21(19,20)12-15-9-7-14(8-10-15)11-17-5/h7-10,13,17H,11-12H2,1-6H3. The maximum Gasteiger partial charge on any atom is 0.218 e. The largest absolute Gasteiger partial charge is 0.316 e. The van der Waals surface area contributed by atoms with Crippen LogP contribution in [-0.2, 0) is 22.3 Å². The molecular weight excluding hydrogens is 284 g/mol. The number of sulfonamides is 1. The predicted octanol–water partition coefficient (Wildman–Crippen LogP) is 2.60. The summed E-state index contributed by atoms with van der Waals surface area (Å²) in [6, 6.07) is 7.66. The Hall–Kier alpha value is -0.910. The summed E-state index contributed by atoms with van der Waals surface area (Å²) in [5.74, 6) is 0.0454. The monoisotopic (exact) mass is 312 g/mol.